The van der Waals surface area contributed by atoms with E-state index in [-0.39, 0.29) is 33.5 Å². The van der Waals surface area contributed by atoms with Crippen LogP contribution in [-0.2, 0) is 28.6 Å². The molecular formula is C38H43F2N7O4. The zero-order chi connectivity index (χ0) is 36.4. The van der Waals surface area contributed by atoms with Crippen LogP contribution < -0.4 is 20.8 Å². The third kappa shape index (κ3) is 7.70. The first-order valence-electron chi connectivity index (χ1n) is 16.9. The molecule has 0 unspecified atom stereocenters. The van der Waals surface area contributed by atoms with Crippen LogP contribution in [-0.4, -0.2) is 77.6 Å². The largest absolute Gasteiger partial charge is 0.392 e. The average molecular weight is 700 g/mol. The Labute approximate surface area is 295 Å². The fourth-order valence-electron chi connectivity index (χ4n) is 6.30. The highest BCUT2D eigenvalue weighted by Crippen LogP contribution is 2.34. The van der Waals surface area contributed by atoms with Crippen molar-refractivity contribution in [2.75, 3.05) is 54.6 Å². The summed E-state index contributed by atoms with van der Waals surface area (Å²) in [6, 6.07) is 11.4. The number of aliphatic hydroxyl groups excluding tert-OH is 1. The lowest BCUT2D eigenvalue weighted by atomic mass is 9.85. The predicted molar refractivity (Wildman–Crippen MR) is 195 cm³/mol. The molecule has 1 amide bonds. The van der Waals surface area contributed by atoms with Crippen molar-refractivity contribution in [3.05, 3.63) is 99.1 Å². The van der Waals surface area contributed by atoms with Gasteiger partial charge >= 0.3 is 0 Å². The van der Waals surface area contributed by atoms with E-state index in [1.807, 2.05) is 26.8 Å². The van der Waals surface area contributed by atoms with E-state index >= 15 is 4.39 Å². The van der Waals surface area contributed by atoms with E-state index in [1.165, 1.54) is 29.1 Å². The van der Waals surface area contributed by atoms with Gasteiger partial charge in [0.2, 0.25) is 6.41 Å². The van der Waals surface area contributed by atoms with Gasteiger partial charge in [0.25, 0.3) is 5.56 Å². The molecule has 11 nitrogen and oxygen atoms in total. The van der Waals surface area contributed by atoms with Crippen LogP contribution in [0.2, 0.25) is 0 Å². The standard InChI is InChI=1S/C38H43F2N7O4/c1-24-25(12-27(14-33(24)40)38(2,3)4)17-42-47(23-49)35-16-28(39)15-31(32(35)20-48)26-13-34(37(50)44(5)19-26)43-36-7-6-29(18-41-36)45-8-10-46(11-9-45)30-21-51-22-30/h6-7,12-19,23,30,48H,8-11,20-22H2,1-5H3,(H,41,43)/b42-17-. The molecule has 268 valence electrons. The second-order valence-corrected chi connectivity index (χ2v) is 14.0. The molecule has 2 fully saturated rings. The van der Waals surface area contributed by atoms with Gasteiger partial charge in [-0.3, -0.25) is 14.5 Å². The Morgan fingerprint density at radius 1 is 1.10 bits per heavy atom. The number of ether oxygens (including phenoxy) is 1. The summed E-state index contributed by atoms with van der Waals surface area (Å²) < 4.78 is 36.8. The van der Waals surface area contributed by atoms with Gasteiger partial charge in [-0.2, -0.15) is 5.10 Å². The van der Waals surface area contributed by atoms with Gasteiger partial charge in [0, 0.05) is 62.2 Å². The number of hydrazone groups is 1. The molecule has 0 saturated carbocycles. The van der Waals surface area contributed by atoms with Gasteiger partial charge in [0.1, 0.15) is 23.1 Å². The molecule has 0 radical (unpaired) electrons. The number of anilines is 4. The number of benzene rings is 2. The SMILES string of the molecule is Cc1c(F)cc(C(C)(C)C)cc1/C=N\N(C=O)c1cc(F)cc(-c2cc(Nc3ccc(N4CCN(C5COC5)CC4)cn3)c(=O)n(C)c2)c1CO. The van der Waals surface area contributed by atoms with Crippen LogP contribution in [0.15, 0.2) is 64.8 Å². The minimum Gasteiger partial charge on any atom is -0.392 e. The number of pyridine rings is 2. The van der Waals surface area contributed by atoms with Crippen molar-refractivity contribution in [3.63, 3.8) is 0 Å². The molecule has 0 atom stereocenters. The van der Waals surface area contributed by atoms with Crippen molar-refractivity contribution in [2.45, 2.75) is 45.8 Å². The molecule has 2 aliphatic rings. The number of aromatic nitrogens is 2. The van der Waals surface area contributed by atoms with Crippen LogP contribution in [0.1, 0.15) is 43.0 Å². The summed E-state index contributed by atoms with van der Waals surface area (Å²) in [7, 11) is 1.57. The van der Waals surface area contributed by atoms with Crippen molar-refractivity contribution in [3.8, 4) is 11.1 Å². The second-order valence-electron chi connectivity index (χ2n) is 14.0. The van der Waals surface area contributed by atoms with Crippen molar-refractivity contribution < 1.29 is 23.4 Å². The van der Waals surface area contributed by atoms with Crippen LogP contribution in [0.3, 0.4) is 0 Å². The summed E-state index contributed by atoms with van der Waals surface area (Å²) in [5.41, 5.74) is 2.86. The third-order valence-electron chi connectivity index (χ3n) is 9.59. The monoisotopic (exact) mass is 699 g/mol. The van der Waals surface area contributed by atoms with Crippen molar-refractivity contribution >= 4 is 35.5 Å². The maximum absolute atomic E-state index is 15.3. The number of amides is 1. The third-order valence-corrected chi connectivity index (χ3v) is 9.59. The molecule has 6 rings (SSSR count). The van der Waals surface area contributed by atoms with Crippen molar-refractivity contribution in [1.82, 2.24) is 14.5 Å². The maximum atomic E-state index is 15.3. The Bertz CT molecular complexity index is 2000. The first-order chi connectivity index (χ1) is 24.4. The summed E-state index contributed by atoms with van der Waals surface area (Å²) in [4.78, 5) is 34.8. The molecule has 2 aliphatic heterocycles. The van der Waals surface area contributed by atoms with E-state index in [0.717, 1.165) is 61.7 Å². The summed E-state index contributed by atoms with van der Waals surface area (Å²) in [6.45, 7) is 12.2. The zero-order valence-corrected chi connectivity index (χ0v) is 29.5. The number of hydrogen-bond donors (Lipinski definition) is 2. The molecule has 2 aromatic carbocycles. The van der Waals surface area contributed by atoms with Crippen LogP contribution in [0.5, 0.6) is 0 Å². The lowest BCUT2D eigenvalue weighted by Gasteiger charge is -2.43. The number of halogens is 2. The zero-order valence-electron chi connectivity index (χ0n) is 29.5. The van der Waals surface area contributed by atoms with Gasteiger partial charge in [-0.05, 0) is 65.4 Å². The number of carbonyl (C=O) groups is 1. The van der Waals surface area contributed by atoms with E-state index in [1.54, 1.807) is 38.4 Å². The van der Waals surface area contributed by atoms with E-state index in [2.05, 4.69) is 25.2 Å². The molecule has 2 aromatic heterocycles. The number of rotatable bonds is 10. The fourth-order valence-corrected chi connectivity index (χ4v) is 6.30. The lowest BCUT2D eigenvalue weighted by Crippen LogP contribution is -2.56. The molecule has 4 heterocycles. The van der Waals surface area contributed by atoms with Crippen LogP contribution in [0.25, 0.3) is 11.1 Å². The topological polar surface area (TPSA) is 116 Å². The van der Waals surface area contributed by atoms with E-state index in [0.29, 0.717) is 35.0 Å². The van der Waals surface area contributed by atoms with Gasteiger partial charge in [-0.25, -0.2) is 18.8 Å². The first kappa shape index (κ1) is 35.8. The summed E-state index contributed by atoms with van der Waals surface area (Å²) >= 11 is 0. The Morgan fingerprint density at radius 2 is 1.84 bits per heavy atom. The molecule has 4 aromatic rings. The number of carbonyl (C=O) groups excluding carboxylic acids is 1. The summed E-state index contributed by atoms with van der Waals surface area (Å²) in [6.07, 6.45) is 5.02. The van der Waals surface area contributed by atoms with Crippen LogP contribution >= 0.6 is 0 Å². The summed E-state index contributed by atoms with van der Waals surface area (Å²) in [5, 5.41) is 18.8. The number of hydrogen-bond acceptors (Lipinski definition) is 9. The molecule has 0 spiro atoms. The highest BCUT2D eigenvalue weighted by atomic mass is 19.1. The minimum atomic E-state index is -0.696. The Morgan fingerprint density at radius 3 is 2.45 bits per heavy atom. The smallest absolute Gasteiger partial charge is 0.274 e. The van der Waals surface area contributed by atoms with Gasteiger partial charge in [0.15, 0.2) is 0 Å². The molecule has 2 N–H and O–H groups in total. The van der Waals surface area contributed by atoms with Gasteiger partial charge < -0.3 is 24.6 Å². The fraction of sp³-hybridized carbons (Fsp3) is 0.368. The van der Waals surface area contributed by atoms with Crippen molar-refractivity contribution in [1.29, 1.82) is 0 Å². The van der Waals surface area contributed by atoms with Gasteiger partial charge in [0.05, 0.1) is 49.6 Å². The predicted octanol–water partition coefficient (Wildman–Crippen LogP) is 5.09. The molecule has 0 bridgehead atoms. The average Bonchev–Trinajstić information content (AvgIpc) is 3.08. The molecule has 0 aliphatic carbocycles. The first-order valence-corrected chi connectivity index (χ1v) is 16.9. The second kappa shape index (κ2) is 14.7. The maximum Gasteiger partial charge on any atom is 0.274 e. The molecule has 13 heteroatoms. The molecule has 51 heavy (non-hydrogen) atoms. The van der Waals surface area contributed by atoms with Crippen LogP contribution in [0.4, 0.5) is 31.7 Å². The highest BCUT2D eigenvalue weighted by molar-refractivity contribution is 5.88. The van der Waals surface area contributed by atoms with E-state index in [4.69, 9.17) is 4.74 Å². The number of aliphatic hydroxyl groups is 1. The molecule has 2 saturated heterocycles. The van der Waals surface area contributed by atoms with Gasteiger partial charge in [-0.15, -0.1) is 0 Å². The minimum absolute atomic E-state index is 0.00804. The quantitative estimate of drug-likeness (QED) is 0.134. The number of aryl methyl sites for hydroxylation is 1. The molecular weight excluding hydrogens is 656 g/mol. The number of nitrogens with zero attached hydrogens (tertiary/aromatic N) is 6. The van der Waals surface area contributed by atoms with Crippen LogP contribution in [0, 0.1) is 18.6 Å². The summed E-state index contributed by atoms with van der Waals surface area (Å²) in [5.74, 6) is -0.660. The van der Waals surface area contributed by atoms with Crippen molar-refractivity contribution in [2.24, 2.45) is 12.1 Å². The Hall–Kier alpha value is -4.98. The van der Waals surface area contributed by atoms with Gasteiger partial charge in [-0.1, -0.05) is 20.8 Å². The normalized spacial score (nSPS) is 15.6. The highest BCUT2D eigenvalue weighted by Gasteiger charge is 2.29. The Balaban J connectivity index is 1.27. The Kier molecular flexibility index (Phi) is 10.3. The van der Waals surface area contributed by atoms with E-state index < -0.39 is 18.2 Å². The number of piperazine rings is 1. The van der Waals surface area contributed by atoms with E-state index in [9.17, 15) is 19.1 Å². The lowest BCUT2D eigenvalue weighted by molar-refractivity contribution is -0.107. The number of nitrogens with one attached hydrogen (secondary N) is 1.